The standard InChI is InChI=1S/C10H17N5O2/c1-4-14(2)8(16)6-12-10(17)7-5-13-15(3)9(7)11/h5H,4,6,11H2,1-3H3,(H,12,17). The van der Waals surface area contributed by atoms with Crippen molar-refractivity contribution in [1.29, 1.82) is 0 Å². The molecule has 7 nitrogen and oxygen atoms in total. The van der Waals surface area contributed by atoms with Gasteiger partial charge in [0.15, 0.2) is 0 Å². The predicted molar refractivity (Wildman–Crippen MR) is 63.3 cm³/mol. The van der Waals surface area contributed by atoms with Crippen LogP contribution in [0, 0.1) is 0 Å². The average molecular weight is 239 g/mol. The summed E-state index contributed by atoms with van der Waals surface area (Å²) in [4.78, 5) is 24.7. The molecule has 1 heterocycles. The summed E-state index contributed by atoms with van der Waals surface area (Å²) >= 11 is 0. The first-order valence-corrected chi connectivity index (χ1v) is 5.27. The van der Waals surface area contributed by atoms with Crippen LogP contribution in [0.25, 0.3) is 0 Å². The summed E-state index contributed by atoms with van der Waals surface area (Å²) in [5, 5.41) is 6.36. The molecule has 0 saturated heterocycles. The normalized spacial score (nSPS) is 10.1. The molecule has 3 N–H and O–H groups in total. The van der Waals surface area contributed by atoms with E-state index in [0.29, 0.717) is 6.54 Å². The molecule has 0 spiro atoms. The third-order valence-electron chi connectivity index (χ3n) is 2.53. The first-order valence-electron chi connectivity index (χ1n) is 5.27. The summed E-state index contributed by atoms with van der Waals surface area (Å²) in [6.45, 7) is 2.42. The van der Waals surface area contributed by atoms with Crippen LogP contribution in [-0.2, 0) is 11.8 Å². The molecule has 0 aromatic carbocycles. The van der Waals surface area contributed by atoms with Gasteiger partial charge < -0.3 is 16.0 Å². The summed E-state index contributed by atoms with van der Waals surface area (Å²) in [6, 6.07) is 0. The molecule has 0 radical (unpaired) electrons. The van der Waals surface area contributed by atoms with Crippen molar-refractivity contribution < 1.29 is 9.59 Å². The lowest BCUT2D eigenvalue weighted by Gasteiger charge is -2.14. The molecule has 0 unspecified atom stereocenters. The van der Waals surface area contributed by atoms with Gasteiger partial charge >= 0.3 is 0 Å². The minimum Gasteiger partial charge on any atom is -0.383 e. The number of nitrogens with two attached hydrogens (primary N) is 1. The maximum absolute atomic E-state index is 11.7. The number of carbonyl (C=O) groups is 2. The molecule has 0 fully saturated rings. The number of aromatic nitrogens is 2. The number of anilines is 1. The summed E-state index contributed by atoms with van der Waals surface area (Å²) in [6.07, 6.45) is 1.37. The molecule has 7 heteroatoms. The van der Waals surface area contributed by atoms with Crippen LogP contribution < -0.4 is 11.1 Å². The van der Waals surface area contributed by atoms with Gasteiger partial charge in [-0.1, -0.05) is 0 Å². The van der Waals surface area contributed by atoms with Crippen molar-refractivity contribution in [2.45, 2.75) is 6.92 Å². The van der Waals surface area contributed by atoms with Gasteiger partial charge in [-0.05, 0) is 6.92 Å². The number of nitrogens with one attached hydrogen (secondary N) is 1. The Balaban J connectivity index is 2.57. The molecule has 0 aliphatic rings. The third-order valence-corrected chi connectivity index (χ3v) is 2.53. The van der Waals surface area contributed by atoms with Crippen LogP contribution in [-0.4, -0.2) is 46.6 Å². The van der Waals surface area contributed by atoms with E-state index < -0.39 is 5.91 Å². The van der Waals surface area contributed by atoms with E-state index in [1.165, 1.54) is 15.8 Å². The molecule has 1 aromatic rings. The zero-order chi connectivity index (χ0) is 13.0. The fraction of sp³-hybridized carbons (Fsp3) is 0.500. The van der Waals surface area contributed by atoms with Crippen molar-refractivity contribution in [3.8, 4) is 0 Å². The molecule has 94 valence electrons. The van der Waals surface area contributed by atoms with E-state index >= 15 is 0 Å². The zero-order valence-corrected chi connectivity index (χ0v) is 10.2. The quantitative estimate of drug-likeness (QED) is 0.720. The molecule has 0 saturated carbocycles. The molecule has 17 heavy (non-hydrogen) atoms. The first-order chi connectivity index (χ1) is 7.97. The van der Waals surface area contributed by atoms with Gasteiger partial charge in [-0.25, -0.2) is 0 Å². The fourth-order valence-electron chi connectivity index (χ4n) is 1.18. The largest absolute Gasteiger partial charge is 0.383 e. The summed E-state index contributed by atoms with van der Waals surface area (Å²) in [5.74, 6) is -0.268. The number of hydrogen-bond acceptors (Lipinski definition) is 4. The van der Waals surface area contributed by atoms with Crippen LogP contribution in [0.5, 0.6) is 0 Å². The van der Waals surface area contributed by atoms with Crippen LogP contribution in [0.15, 0.2) is 6.20 Å². The van der Waals surface area contributed by atoms with Gasteiger partial charge in [0.05, 0.1) is 12.7 Å². The third kappa shape index (κ3) is 2.96. The van der Waals surface area contributed by atoms with Crippen molar-refractivity contribution in [1.82, 2.24) is 20.0 Å². The SMILES string of the molecule is CCN(C)C(=O)CNC(=O)c1cnn(C)c1N. The molecular weight excluding hydrogens is 222 g/mol. The Morgan fingerprint density at radius 1 is 1.59 bits per heavy atom. The highest BCUT2D eigenvalue weighted by Crippen LogP contribution is 2.08. The van der Waals surface area contributed by atoms with Crippen LogP contribution in [0.2, 0.25) is 0 Å². The highest BCUT2D eigenvalue weighted by molar-refractivity contribution is 5.99. The molecular formula is C10H17N5O2. The molecule has 0 atom stereocenters. The van der Waals surface area contributed by atoms with E-state index in [2.05, 4.69) is 10.4 Å². The van der Waals surface area contributed by atoms with Crippen molar-refractivity contribution in [2.75, 3.05) is 25.9 Å². The minimum absolute atomic E-state index is 0.0441. The number of carbonyl (C=O) groups excluding carboxylic acids is 2. The molecule has 0 aliphatic carbocycles. The second-order valence-electron chi connectivity index (χ2n) is 3.66. The lowest BCUT2D eigenvalue weighted by Crippen LogP contribution is -2.38. The van der Waals surface area contributed by atoms with Crippen molar-refractivity contribution in [2.24, 2.45) is 7.05 Å². The minimum atomic E-state index is -0.395. The monoisotopic (exact) mass is 239 g/mol. The Morgan fingerprint density at radius 2 is 2.24 bits per heavy atom. The molecule has 1 aromatic heterocycles. The molecule has 2 amide bonds. The number of amides is 2. The van der Waals surface area contributed by atoms with E-state index in [9.17, 15) is 9.59 Å². The maximum atomic E-state index is 11.7. The van der Waals surface area contributed by atoms with E-state index in [4.69, 9.17) is 5.73 Å². The number of nitrogen functional groups attached to an aromatic ring is 1. The van der Waals surface area contributed by atoms with Gasteiger partial charge in [0.2, 0.25) is 5.91 Å². The van der Waals surface area contributed by atoms with E-state index in [-0.39, 0.29) is 23.8 Å². The fourth-order valence-corrected chi connectivity index (χ4v) is 1.18. The van der Waals surface area contributed by atoms with Crippen molar-refractivity contribution in [3.63, 3.8) is 0 Å². The van der Waals surface area contributed by atoms with Gasteiger partial charge in [0.1, 0.15) is 11.4 Å². The number of nitrogens with zero attached hydrogens (tertiary/aromatic N) is 3. The number of hydrogen-bond donors (Lipinski definition) is 2. The van der Waals surface area contributed by atoms with Crippen molar-refractivity contribution in [3.05, 3.63) is 11.8 Å². The van der Waals surface area contributed by atoms with E-state index in [1.54, 1.807) is 14.1 Å². The maximum Gasteiger partial charge on any atom is 0.257 e. The molecule has 1 rings (SSSR count). The summed E-state index contributed by atoms with van der Waals surface area (Å²) in [5.41, 5.74) is 5.92. The molecule has 0 bridgehead atoms. The van der Waals surface area contributed by atoms with Gasteiger partial charge in [0.25, 0.3) is 5.91 Å². The lowest BCUT2D eigenvalue weighted by molar-refractivity contribution is -0.128. The molecule has 0 aliphatic heterocycles. The number of rotatable bonds is 4. The van der Waals surface area contributed by atoms with Crippen LogP contribution in [0.1, 0.15) is 17.3 Å². The highest BCUT2D eigenvalue weighted by atomic mass is 16.2. The van der Waals surface area contributed by atoms with Crippen LogP contribution in [0.3, 0.4) is 0 Å². The zero-order valence-electron chi connectivity index (χ0n) is 10.2. The Kier molecular flexibility index (Phi) is 4.08. The topological polar surface area (TPSA) is 93.2 Å². The average Bonchev–Trinajstić information content (AvgIpc) is 2.65. The second kappa shape index (κ2) is 5.33. The lowest BCUT2D eigenvalue weighted by atomic mass is 10.3. The van der Waals surface area contributed by atoms with Gasteiger partial charge in [-0.2, -0.15) is 5.10 Å². The summed E-state index contributed by atoms with van der Waals surface area (Å²) < 4.78 is 1.40. The Hall–Kier alpha value is -2.05. The first kappa shape index (κ1) is 13.0. The van der Waals surface area contributed by atoms with Crippen LogP contribution >= 0.6 is 0 Å². The summed E-state index contributed by atoms with van der Waals surface area (Å²) in [7, 11) is 3.31. The van der Waals surface area contributed by atoms with E-state index in [0.717, 1.165) is 0 Å². The van der Waals surface area contributed by atoms with Gasteiger partial charge in [0, 0.05) is 20.6 Å². The Labute approximate surface area is 99.6 Å². The number of aryl methyl sites for hydroxylation is 1. The smallest absolute Gasteiger partial charge is 0.257 e. The van der Waals surface area contributed by atoms with Crippen molar-refractivity contribution >= 4 is 17.6 Å². The van der Waals surface area contributed by atoms with E-state index in [1.807, 2.05) is 6.92 Å². The predicted octanol–water partition coefficient (Wildman–Crippen LogP) is -0.790. The van der Waals surface area contributed by atoms with Gasteiger partial charge in [-0.15, -0.1) is 0 Å². The van der Waals surface area contributed by atoms with Crippen LogP contribution in [0.4, 0.5) is 5.82 Å². The second-order valence-corrected chi connectivity index (χ2v) is 3.66. The Morgan fingerprint density at radius 3 is 2.71 bits per heavy atom. The highest BCUT2D eigenvalue weighted by Gasteiger charge is 2.15. The number of likely N-dealkylation sites (N-methyl/N-ethyl adjacent to an activating group) is 1. The van der Waals surface area contributed by atoms with Gasteiger partial charge in [-0.3, -0.25) is 14.3 Å². The Bertz CT molecular complexity index is 426.